The quantitative estimate of drug-likeness (QED) is 0.152. The molecule has 0 unspecified atom stereocenters. The van der Waals surface area contributed by atoms with Crippen LogP contribution in [0.5, 0.6) is 0 Å². The molecule has 0 N–H and O–H groups in total. The highest BCUT2D eigenvalue weighted by molar-refractivity contribution is 7.85. The van der Waals surface area contributed by atoms with E-state index in [1.165, 1.54) is 12.1 Å². The van der Waals surface area contributed by atoms with Gasteiger partial charge in [0.15, 0.2) is 24.6 Å². The fourth-order valence-corrected chi connectivity index (χ4v) is 9.45. The standard InChI is InChI=1S/C46H28FN4O2P/c47-35-23-19-33(20-24-35)45-49-44(32-17-15-30(29-48)16-18-32)50-46(51-45)34-27-40(43-41(28-34)39-13-7-8-14-42(39)53-43)31-21-25-38(26-22-31)54(52,36-9-3-1-4-10-36)37-11-5-2-6-12-37/h1-28H. The molecule has 0 aliphatic heterocycles. The highest BCUT2D eigenvalue weighted by Crippen LogP contribution is 2.44. The maximum Gasteiger partial charge on any atom is 0.171 e. The lowest BCUT2D eigenvalue weighted by atomic mass is 9.98. The molecule has 0 saturated heterocycles. The number of furan rings is 1. The average Bonchev–Trinajstić information content (AvgIpc) is 3.62. The molecular formula is C46H28FN4O2P. The Morgan fingerprint density at radius 2 is 1.02 bits per heavy atom. The van der Waals surface area contributed by atoms with E-state index in [4.69, 9.17) is 19.4 Å². The fraction of sp³-hybridized carbons (Fsp3) is 0. The third-order valence-corrected chi connectivity index (χ3v) is 12.6. The second kappa shape index (κ2) is 13.5. The number of aromatic nitrogens is 3. The molecule has 0 fully saturated rings. The van der Waals surface area contributed by atoms with Crippen LogP contribution in [0.1, 0.15) is 5.56 Å². The van der Waals surface area contributed by atoms with Gasteiger partial charge in [-0.25, -0.2) is 19.3 Å². The summed E-state index contributed by atoms with van der Waals surface area (Å²) >= 11 is 0. The van der Waals surface area contributed by atoms with E-state index in [1.807, 2.05) is 121 Å². The summed E-state index contributed by atoms with van der Waals surface area (Å²) in [6, 6.07) is 54.2. The van der Waals surface area contributed by atoms with Crippen molar-refractivity contribution >= 4 is 45.0 Å². The molecule has 0 aliphatic carbocycles. The summed E-state index contributed by atoms with van der Waals surface area (Å²) in [5.74, 6) is 0.827. The van der Waals surface area contributed by atoms with Gasteiger partial charge in [0.2, 0.25) is 0 Å². The molecule has 2 aromatic heterocycles. The van der Waals surface area contributed by atoms with Crippen molar-refractivity contribution in [3.05, 3.63) is 181 Å². The predicted molar refractivity (Wildman–Crippen MR) is 213 cm³/mol. The monoisotopic (exact) mass is 718 g/mol. The number of halogens is 1. The van der Waals surface area contributed by atoms with E-state index in [2.05, 4.69) is 6.07 Å². The summed E-state index contributed by atoms with van der Waals surface area (Å²) in [4.78, 5) is 14.6. The van der Waals surface area contributed by atoms with Crippen molar-refractivity contribution in [2.75, 3.05) is 0 Å². The SMILES string of the molecule is N#Cc1ccc(-c2nc(-c3ccc(F)cc3)nc(-c3cc(-c4ccc(P(=O)(c5ccccc5)c5ccccc5)cc4)c4oc5ccccc5c4c3)n2)cc1. The Hall–Kier alpha value is -7.00. The van der Waals surface area contributed by atoms with Gasteiger partial charge < -0.3 is 8.98 Å². The molecule has 54 heavy (non-hydrogen) atoms. The number of fused-ring (bicyclic) bond motifs is 3. The zero-order valence-corrected chi connectivity index (χ0v) is 29.5. The average molecular weight is 719 g/mol. The first-order valence-corrected chi connectivity index (χ1v) is 19.0. The Kier molecular flexibility index (Phi) is 8.23. The third kappa shape index (κ3) is 5.85. The summed E-state index contributed by atoms with van der Waals surface area (Å²) in [5, 5.41) is 13.4. The number of nitrogens with zero attached hydrogens (tertiary/aromatic N) is 4. The lowest BCUT2D eigenvalue weighted by Crippen LogP contribution is -2.24. The summed E-state index contributed by atoms with van der Waals surface area (Å²) in [6.45, 7) is 0. The predicted octanol–water partition coefficient (Wildman–Crippen LogP) is 10.1. The molecule has 6 nitrogen and oxygen atoms in total. The topological polar surface area (TPSA) is 92.7 Å². The molecule has 0 amide bonds. The Bertz CT molecular complexity index is 2860. The van der Waals surface area contributed by atoms with E-state index >= 15 is 4.57 Å². The van der Waals surface area contributed by atoms with Crippen molar-refractivity contribution in [1.82, 2.24) is 15.0 Å². The third-order valence-electron chi connectivity index (χ3n) is 9.53. The normalized spacial score (nSPS) is 11.5. The molecule has 7 aromatic carbocycles. The number of hydrogen-bond donors (Lipinski definition) is 0. The van der Waals surface area contributed by atoms with Crippen LogP contribution in [0.2, 0.25) is 0 Å². The highest BCUT2D eigenvalue weighted by atomic mass is 31.2. The molecule has 9 rings (SSSR count). The summed E-state index contributed by atoms with van der Waals surface area (Å²) < 4.78 is 35.6. The molecular weight excluding hydrogens is 691 g/mol. The van der Waals surface area contributed by atoms with Crippen LogP contribution in [0.15, 0.2) is 174 Å². The zero-order valence-electron chi connectivity index (χ0n) is 28.6. The maximum absolute atomic E-state index is 15.1. The minimum atomic E-state index is -3.19. The van der Waals surface area contributed by atoms with Crippen LogP contribution in [0.3, 0.4) is 0 Å². The van der Waals surface area contributed by atoms with E-state index in [-0.39, 0.29) is 5.82 Å². The van der Waals surface area contributed by atoms with Crippen LogP contribution in [-0.2, 0) is 4.57 Å². The van der Waals surface area contributed by atoms with Crippen LogP contribution < -0.4 is 15.9 Å². The molecule has 0 radical (unpaired) electrons. The summed E-state index contributed by atoms with van der Waals surface area (Å²) in [6.07, 6.45) is 0. The van der Waals surface area contributed by atoms with Gasteiger partial charge in [0.05, 0.1) is 11.6 Å². The second-order valence-corrected chi connectivity index (χ2v) is 15.6. The zero-order chi connectivity index (χ0) is 36.6. The number of nitriles is 1. The Labute approximate surface area is 310 Å². The Balaban J connectivity index is 1.24. The Morgan fingerprint density at radius 1 is 0.519 bits per heavy atom. The van der Waals surface area contributed by atoms with E-state index in [0.29, 0.717) is 50.6 Å². The van der Waals surface area contributed by atoms with Gasteiger partial charge in [0.25, 0.3) is 0 Å². The van der Waals surface area contributed by atoms with Gasteiger partial charge in [-0.1, -0.05) is 103 Å². The van der Waals surface area contributed by atoms with E-state index in [0.717, 1.165) is 38.1 Å². The second-order valence-electron chi connectivity index (χ2n) is 12.8. The largest absolute Gasteiger partial charge is 0.455 e. The summed E-state index contributed by atoms with van der Waals surface area (Å²) in [5.41, 5.74) is 5.66. The summed E-state index contributed by atoms with van der Waals surface area (Å²) in [7, 11) is -3.19. The van der Waals surface area contributed by atoms with Crippen LogP contribution >= 0.6 is 7.14 Å². The number of hydrogen-bond acceptors (Lipinski definition) is 6. The van der Waals surface area contributed by atoms with Crippen LogP contribution in [0, 0.1) is 17.1 Å². The van der Waals surface area contributed by atoms with Gasteiger partial charge in [-0.15, -0.1) is 0 Å². The van der Waals surface area contributed by atoms with Gasteiger partial charge in [-0.2, -0.15) is 5.26 Å². The van der Waals surface area contributed by atoms with Gasteiger partial charge in [-0.3, -0.25) is 0 Å². The number of benzene rings is 7. The minimum Gasteiger partial charge on any atom is -0.455 e. The molecule has 9 aromatic rings. The van der Waals surface area contributed by atoms with Crippen LogP contribution in [0.25, 0.3) is 67.2 Å². The van der Waals surface area contributed by atoms with Crippen molar-refractivity contribution in [1.29, 1.82) is 5.26 Å². The molecule has 0 saturated carbocycles. The molecule has 0 spiro atoms. The van der Waals surface area contributed by atoms with Crippen molar-refractivity contribution in [3.63, 3.8) is 0 Å². The first-order chi connectivity index (χ1) is 26.5. The fourth-order valence-electron chi connectivity index (χ4n) is 6.80. The van der Waals surface area contributed by atoms with Crippen molar-refractivity contribution in [3.8, 4) is 51.4 Å². The molecule has 0 atom stereocenters. The van der Waals surface area contributed by atoms with E-state index < -0.39 is 7.14 Å². The molecule has 0 bridgehead atoms. The van der Waals surface area contributed by atoms with Crippen LogP contribution in [-0.4, -0.2) is 15.0 Å². The van der Waals surface area contributed by atoms with Crippen molar-refractivity contribution < 1.29 is 13.4 Å². The van der Waals surface area contributed by atoms with Gasteiger partial charge >= 0.3 is 0 Å². The van der Waals surface area contributed by atoms with Gasteiger partial charge in [0, 0.05) is 48.9 Å². The first-order valence-electron chi connectivity index (χ1n) is 17.3. The number of para-hydroxylation sites is 1. The first kappa shape index (κ1) is 32.9. The maximum atomic E-state index is 15.1. The molecule has 256 valence electrons. The molecule has 0 aliphatic rings. The molecule has 8 heteroatoms. The number of rotatable bonds is 7. The van der Waals surface area contributed by atoms with Crippen LogP contribution in [0.4, 0.5) is 4.39 Å². The smallest absolute Gasteiger partial charge is 0.171 e. The van der Waals surface area contributed by atoms with E-state index in [9.17, 15) is 9.65 Å². The van der Waals surface area contributed by atoms with Gasteiger partial charge in [-0.05, 0) is 72.3 Å². The minimum absolute atomic E-state index is 0.364. The van der Waals surface area contributed by atoms with Crippen molar-refractivity contribution in [2.24, 2.45) is 0 Å². The molecule has 2 heterocycles. The lowest BCUT2D eigenvalue weighted by molar-refractivity contribution is 0.592. The lowest BCUT2D eigenvalue weighted by Gasteiger charge is -2.20. The van der Waals surface area contributed by atoms with Gasteiger partial charge in [0.1, 0.15) is 17.0 Å². The van der Waals surface area contributed by atoms with E-state index in [1.54, 1.807) is 36.4 Å². The Morgan fingerprint density at radius 3 is 1.61 bits per heavy atom. The highest BCUT2D eigenvalue weighted by Gasteiger charge is 2.29. The van der Waals surface area contributed by atoms with Crippen molar-refractivity contribution in [2.45, 2.75) is 0 Å².